The van der Waals surface area contributed by atoms with Gasteiger partial charge >= 0.3 is 0 Å². The molecule has 0 fully saturated rings. The summed E-state index contributed by atoms with van der Waals surface area (Å²) in [5.41, 5.74) is 2.76. The summed E-state index contributed by atoms with van der Waals surface area (Å²) < 4.78 is 15.7. The maximum atomic E-state index is 13.0. The van der Waals surface area contributed by atoms with E-state index in [1.807, 2.05) is 20.0 Å². The Hall–Kier alpha value is -1.87. The quantitative estimate of drug-likeness (QED) is 0.944. The summed E-state index contributed by atoms with van der Waals surface area (Å²) in [7, 11) is 1.85. The van der Waals surface area contributed by atoms with Crippen LogP contribution in [0.5, 0.6) is 0 Å². The van der Waals surface area contributed by atoms with Crippen molar-refractivity contribution in [1.82, 2.24) is 9.78 Å². The molecule has 0 amide bonds. The van der Waals surface area contributed by atoms with E-state index < -0.39 is 5.82 Å². The Morgan fingerprint density at radius 3 is 2.84 bits per heavy atom. The highest BCUT2D eigenvalue weighted by Gasteiger charge is 2.11. The second kappa shape index (κ2) is 5.41. The fourth-order valence-corrected chi connectivity index (χ4v) is 2.29. The minimum atomic E-state index is -0.417. The Morgan fingerprint density at radius 2 is 2.26 bits per heavy atom. The van der Waals surface area contributed by atoms with E-state index in [1.54, 1.807) is 10.7 Å². The maximum absolute atomic E-state index is 13.0. The normalized spacial score (nSPS) is 10.3. The van der Waals surface area contributed by atoms with Crippen LogP contribution in [0.1, 0.15) is 17.0 Å². The number of anilines is 1. The van der Waals surface area contributed by atoms with Crippen LogP contribution in [-0.2, 0) is 13.6 Å². The van der Waals surface area contributed by atoms with Crippen LogP contribution >= 0.6 is 15.9 Å². The SMILES string of the molecule is Cc1nn(C)c(CNc2ccc(F)cc2C#N)c1Br. The van der Waals surface area contributed by atoms with Crippen LogP contribution in [0.3, 0.4) is 0 Å². The topological polar surface area (TPSA) is 53.6 Å². The van der Waals surface area contributed by atoms with Crippen molar-refractivity contribution in [1.29, 1.82) is 5.26 Å². The molecule has 1 N–H and O–H groups in total. The molecule has 0 atom stereocenters. The molecule has 98 valence electrons. The number of aromatic nitrogens is 2. The van der Waals surface area contributed by atoms with Crippen LogP contribution in [0, 0.1) is 24.1 Å². The van der Waals surface area contributed by atoms with Gasteiger partial charge in [0, 0.05) is 7.05 Å². The number of nitriles is 1. The van der Waals surface area contributed by atoms with Gasteiger partial charge in [-0.2, -0.15) is 10.4 Å². The summed E-state index contributed by atoms with van der Waals surface area (Å²) in [4.78, 5) is 0. The van der Waals surface area contributed by atoms with Crippen molar-refractivity contribution >= 4 is 21.6 Å². The average Bonchev–Trinajstić information content (AvgIpc) is 2.62. The zero-order valence-corrected chi connectivity index (χ0v) is 12.1. The van der Waals surface area contributed by atoms with Crippen molar-refractivity contribution in [3.63, 3.8) is 0 Å². The van der Waals surface area contributed by atoms with Gasteiger partial charge in [0.2, 0.25) is 0 Å². The van der Waals surface area contributed by atoms with Crippen molar-refractivity contribution in [3.8, 4) is 6.07 Å². The molecule has 6 heteroatoms. The molecular formula is C13H12BrFN4. The van der Waals surface area contributed by atoms with Gasteiger partial charge in [-0.1, -0.05) is 0 Å². The van der Waals surface area contributed by atoms with E-state index >= 15 is 0 Å². The molecule has 1 aromatic heterocycles. The van der Waals surface area contributed by atoms with Crippen LogP contribution in [0.2, 0.25) is 0 Å². The molecular weight excluding hydrogens is 311 g/mol. The van der Waals surface area contributed by atoms with Crippen molar-refractivity contribution in [2.45, 2.75) is 13.5 Å². The molecule has 0 bridgehead atoms. The second-order valence-corrected chi connectivity index (χ2v) is 4.92. The molecule has 0 saturated heterocycles. The van der Waals surface area contributed by atoms with Gasteiger partial charge in [0.25, 0.3) is 0 Å². The number of hydrogen-bond donors (Lipinski definition) is 1. The molecule has 0 spiro atoms. The van der Waals surface area contributed by atoms with Gasteiger partial charge in [-0.05, 0) is 41.1 Å². The van der Waals surface area contributed by atoms with Gasteiger partial charge in [-0.3, -0.25) is 4.68 Å². The van der Waals surface area contributed by atoms with Crippen molar-refractivity contribution in [2.24, 2.45) is 7.05 Å². The molecule has 1 heterocycles. The van der Waals surface area contributed by atoms with Crippen molar-refractivity contribution in [3.05, 3.63) is 45.4 Å². The van der Waals surface area contributed by atoms with Crippen LogP contribution in [0.25, 0.3) is 0 Å². The molecule has 0 unspecified atom stereocenters. The highest BCUT2D eigenvalue weighted by molar-refractivity contribution is 9.10. The van der Waals surface area contributed by atoms with Gasteiger partial charge in [0.05, 0.1) is 33.7 Å². The standard InChI is InChI=1S/C13H12BrFN4/c1-8-13(14)12(19(2)18-8)7-17-11-4-3-10(15)5-9(11)6-16/h3-5,17H,7H2,1-2H3. The smallest absolute Gasteiger partial charge is 0.124 e. The predicted octanol–water partition coefficient (Wildman–Crippen LogP) is 3.11. The van der Waals surface area contributed by atoms with E-state index in [0.717, 1.165) is 15.9 Å². The summed E-state index contributed by atoms with van der Waals surface area (Å²) in [5, 5.41) is 16.4. The second-order valence-electron chi connectivity index (χ2n) is 4.12. The van der Waals surface area contributed by atoms with Gasteiger partial charge in [-0.15, -0.1) is 0 Å². The molecule has 0 aliphatic carbocycles. The molecule has 1 aromatic carbocycles. The molecule has 0 aliphatic heterocycles. The Balaban J connectivity index is 2.22. The van der Waals surface area contributed by atoms with Crippen molar-refractivity contribution in [2.75, 3.05) is 5.32 Å². The summed E-state index contributed by atoms with van der Waals surface area (Å²) >= 11 is 3.47. The molecule has 0 radical (unpaired) electrons. The lowest BCUT2D eigenvalue weighted by atomic mass is 10.2. The van der Waals surface area contributed by atoms with Gasteiger partial charge in [0.1, 0.15) is 11.9 Å². The number of rotatable bonds is 3. The first-order chi connectivity index (χ1) is 9.02. The number of nitrogens with zero attached hydrogens (tertiary/aromatic N) is 3. The highest BCUT2D eigenvalue weighted by atomic mass is 79.9. The number of benzene rings is 1. The van der Waals surface area contributed by atoms with E-state index in [2.05, 4.69) is 26.3 Å². The van der Waals surface area contributed by atoms with Crippen LogP contribution in [0.4, 0.5) is 10.1 Å². The average molecular weight is 323 g/mol. The Morgan fingerprint density at radius 1 is 1.53 bits per heavy atom. The first-order valence-electron chi connectivity index (χ1n) is 5.64. The fourth-order valence-electron chi connectivity index (χ4n) is 1.81. The third kappa shape index (κ3) is 2.76. The van der Waals surface area contributed by atoms with Crippen LogP contribution < -0.4 is 5.32 Å². The van der Waals surface area contributed by atoms with E-state index in [4.69, 9.17) is 5.26 Å². The summed E-state index contributed by atoms with van der Waals surface area (Å²) in [6.45, 7) is 2.41. The zero-order chi connectivity index (χ0) is 14.0. The number of nitrogens with one attached hydrogen (secondary N) is 1. The number of halogens is 2. The van der Waals surface area contributed by atoms with E-state index in [9.17, 15) is 4.39 Å². The summed E-state index contributed by atoms with van der Waals surface area (Å²) in [5.74, 6) is -0.417. The highest BCUT2D eigenvalue weighted by Crippen LogP contribution is 2.22. The lowest BCUT2D eigenvalue weighted by Gasteiger charge is -2.09. The first kappa shape index (κ1) is 13.6. The minimum Gasteiger partial charge on any atom is -0.378 e. The third-order valence-electron chi connectivity index (χ3n) is 2.81. The predicted molar refractivity (Wildman–Crippen MR) is 74.1 cm³/mol. The van der Waals surface area contributed by atoms with Crippen molar-refractivity contribution < 1.29 is 4.39 Å². The maximum Gasteiger partial charge on any atom is 0.124 e. The molecule has 2 aromatic rings. The van der Waals surface area contributed by atoms with E-state index in [-0.39, 0.29) is 5.56 Å². The fraction of sp³-hybridized carbons (Fsp3) is 0.231. The third-order valence-corrected chi connectivity index (χ3v) is 3.84. The van der Waals surface area contributed by atoms with Gasteiger partial charge in [0.15, 0.2) is 0 Å². The molecule has 0 saturated carbocycles. The largest absolute Gasteiger partial charge is 0.378 e. The first-order valence-corrected chi connectivity index (χ1v) is 6.43. The van der Waals surface area contributed by atoms with Crippen LogP contribution in [0.15, 0.2) is 22.7 Å². The van der Waals surface area contributed by atoms with E-state index in [0.29, 0.717) is 12.2 Å². The van der Waals surface area contributed by atoms with Gasteiger partial charge < -0.3 is 5.32 Å². The van der Waals surface area contributed by atoms with Gasteiger partial charge in [-0.25, -0.2) is 4.39 Å². The molecule has 2 rings (SSSR count). The lowest BCUT2D eigenvalue weighted by Crippen LogP contribution is -2.07. The van der Waals surface area contributed by atoms with E-state index in [1.165, 1.54) is 12.1 Å². The monoisotopic (exact) mass is 322 g/mol. The summed E-state index contributed by atoms with van der Waals surface area (Å²) in [6.07, 6.45) is 0. The number of aryl methyl sites for hydroxylation is 2. The molecule has 0 aliphatic rings. The Bertz CT molecular complexity index is 657. The van der Waals surface area contributed by atoms with Crippen LogP contribution in [-0.4, -0.2) is 9.78 Å². The number of hydrogen-bond acceptors (Lipinski definition) is 3. The Labute approximate surface area is 119 Å². The zero-order valence-electron chi connectivity index (χ0n) is 10.5. The Kier molecular flexibility index (Phi) is 3.86. The lowest BCUT2D eigenvalue weighted by molar-refractivity contribution is 0.627. The molecule has 19 heavy (non-hydrogen) atoms. The summed E-state index contributed by atoms with van der Waals surface area (Å²) in [6, 6.07) is 6.07. The molecule has 4 nitrogen and oxygen atoms in total. The minimum absolute atomic E-state index is 0.287.